The summed E-state index contributed by atoms with van der Waals surface area (Å²) in [6.07, 6.45) is 4.19. The van der Waals surface area contributed by atoms with E-state index in [0.717, 1.165) is 19.3 Å². The number of hydrogen-bond donors (Lipinski definition) is 2. The lowest BCUT2D eigenvalue weighted by atomic mass is 10.1. The van der Waals surface area contributed by atoms with Crippen LogP contribution < -0.4 is 10.5 Å². The van der Waals surface area contributed by atoms with Gasteiger partial charge in [-0.2, -0.15) is 0 Å². The lowest BCUT2D eigenvalue weighted by Gasteiger charge is -2.18. The van der Waals surface area contributed by atoms with Crippen LogP contribution in [0.15, 0.2) is 17.2 Å². The summed E-state index contributed by atoms with van der Waals surface area (Å²) in [7, 11) is 1.28. The van der Waals surface area contributed by atoms with E-state index in [-0.39, 0.29) is 35.2 Å². The smallest absolute Gasteiger partial charge is 0.269 e. The molecule has 0 bridgehead atoms. The summed E-state index contributed by atoms with van der Waals surface area (Å²) in [5.74, 6) is -0.0500. The van der Waals surface area contributed by atoms with Crippen molar-refractivity contribution in [3.8, 4) is 0 Å². The van der Waals surface area contributed by atoms with Gasteiger partial charge in [0.15, 0.2) is 0 Å². The van der Waals surface area contributed by atoms with E-state index >= 15 is 0 Å². The topological polar surface area (TPSA) is 97.4 Å². The zero-order valence-electron chi connectivity index (χ0n) is 13.7. The highest BCUT2D eigenvalue weighted by Gasteiger charge is 2.31. The van der Waals surface area contributed by atoms with Crippen LogP contribution in [0.5, 0.6) is 0 Å². The molecule has 7 nitrogen and oxygen atoms in total. The van der Waals surface area contributed by atoms with E-state index in [4.69, 9.17) is 5.73 Å². The Morgan fingerprint density at radius 1 is 1.43 bits per heavy atom. The largest absolute Gasteiger partial charge is 0.345 e. The van der Waals surface area contributed by atoms with Crippen LogP contribution in [0.1, 0.15) is 29.8 Å². The van der Waals surface area contributed by atoms with Gasteiger partial charge in [0.2, 0.25) is 10.0 Å². The van der Waals surface area contributed by atoms with Crippen LogP contribution in [0.25, 0.3) is 0 Å². The SMILES string of the molecule is CN(C)C(=O)c1cc(S(=O)(=O)NC2CCCC2CN)cn1C.Cl. The highest BCUT2D eigenvalue weighted by Crippen LogP contribution is 2.26. The molecule has 0 aromatic carbocycles. The van der Waals surface area contributed by atoms with E-state index in [2.05, 4.69) is 4.72 Å². The molecule has 1 aromatic rings. The molecule has 1 aliphatic carbocycles. The summed E-state index contributed by atoms with van der Waals surface area (Å²) >= 11 is 0. The molecule has 3 N–H and O–H groups in total. The Morgan fingerprint density at radius 3 is 2.65 bits per heavy atom. The number of nitrogens with one attached hydrogen (secondary N) is 1. The Kier molecular flexibility index (Phi) is 6.64. The molecule has 132 valence electrons. The molecule has 2 rings (SSSR count). The quantitative estimate of drug-likeness (QED) is 0.797. The average Bonchev–Trinajstić information content (AvgIpc) is 3.04. The molecule has 23 heavy (non-hydrogen) atoms. The number of nitrogens with zero attached hydrogens (tertiary/aromatic N) is 2. The third-order valence-electron chi connectivity index (χ3n) is 4.18. The maximum Gasteiger partial charge on any atom is 0.269 e. The zero-order valence-corrected chi connectivity index (χ0v) is 15.3. The monoisotopic (exact) mass is 364 g/mol. The Balaban J connectivity index is 0.00000264. The number of amides is 1. The van der Waals surface area contributed by atoms with Gasteiger partial charge >= 0.3 is 0 Å². The van der Waals surface area contributed by atoms with E-state index < -0.39 is 10.0 Å². The van der Waals surface area contributed by atoms with Crippen molar-refractivity contribution in [2.75, 3.05) is 20.6 Å². The highest BCUT2D eigenvalue weighted by atomic mass is 35.5. The van der Waals surface area contributed by atoms with Crippen molar-refractivity contribution in [1.29, 1.82) is 0 Å². The van der Waals surface area contributed by atoms with Crippen LogP contribution in [-0.2, 0) is 17.1 Å². The molecule has 1 fully saturated rings. The van der Waals surface area contributed by atoms with Crippen molar-refractivity contribution in [1.82, 2.24) is 14.2 Å². The third-order valence-corrected chi connectivity index (χ3v) is 5.64. The molecular weight excluding hydrogens is 340 g/mol. The van der Waals surface area contributed by atoms with Gasteiger partial charge in [-0.25, -0.2) is 13.1 Å². The maximum absolute atomic E-state index is 12.5. The van der Waals surface area contributed by atoms with Crippen LogP contribution in [0.4, 0.5) is 0 Å². The van der Waals surface area contributed by atoms with Gasteiger partial charge in [-0.05, 0) is 31.4 Å². The van der Waals surface area contributed by atoms with Gasteiger partial charge in [0, 0.05) is 33.4 Å². The molecule has 0 spiro atoms. The van der Waals surface area contributed by atoms with Crippen molar-refractivity contribution in [3.05, 3.63) is 18.0 Å². The first kappa shape index (κ1) is 20.0. The van der Waals surface area contributed by atoms with Crippen molar-refractivity contribution < 1.29 is 13.2 Å². The lowest BCUT2D eigenvalue weighted by molar-refractivity contribution is 0.0818. The second-order valence-electron chi connectivity index (χ2n) is 6.03. The van der Waals surface area contributed by atoms with Crippen molar-refractivity contribution in [2.45, 2.75) is 30.2 Å². The molecule has 0 saturated heterocycles. The van der Waals surface area contributed by atoms with E-state index in [9.17, 15) is 13.2 Å². The molecule has 1 saturated carbocycles. The van der Waals surface area contributed by atoms with Crippen molar-refractivity contribution >= 4 is 28.3 Å². The molecular formula is C14H25ClN4O3S. The summed E-state index contributed by atoms with van der Waals surface area (Å²) < 4.78 is 29.3. The van der Waals surface area contributed by atoms with E-state index in [1.54, 1.807) is 21.1 Å². The summed E-state index contributed by atoms with van der Waals surface area (Å²) in [4.78, 5) is 13.6. The summed E-state index contributed by atoms with van der Waals surface area (Å²) in [5.41, 5.74) is 6.03. The number of aryl methyl sites for hydroxylation is 1. The highest BCUT2D eigenvalue weighted by molar-refractivity contribution is 7.89. The molecule has 0 radical (unpaired) electrons. The number of carbonyl (C=O) groups is 1. The molecule has 1 amide bonds. The van der Waals surface area contributed by atoms with Crippen LogP contribution >= 0.6 is 12.4 Å². The molecule has 1 aliphatic rings. The number of aromatic nitrogens is 1. The maximum atomic E-state index is 12.5. The van der Waals surface area contributed by atoms with Crippen molar-refractivity contribution in [2.24, 2.45) is 18.7 Å². The standard InChI is InChI=1S/C14H24N4O3S.ClH/c1-17(2)14(19)13-7-11(9-18(13)3)22(20,21)16-12-6-4-5-10(12)8-15;/h7,9-10,12,16H,4-6,8,15H2,1-3H3;1H. The Morgan fingerprint density at radius 2 is 2.09 bits per heavy atom. The van der Waals surface area contributed by atoms with Gasteiger partial charge in [0.05, 0.1) is 0 Å². The Hall–Kier alpha value is -1.09. The molecule has 1 aromatic heterocycles. The number of sulfonamides is 1. The van der Waals surface area contributed by atoms with Gasteiger partial charge in [0.25, 0.3) is 5.91 Å². The van der Waals surface area contributed by atoms with E-state index in [1.165, 1.54) is 21.7 Å². The molecule has 2 unspecified atom stereocenters. The average molecular weight is 365 g/mol. The Labute approximate surface area is 143 Å². The normalized spacial score (nSPS) is 21.0. The van der Waals surface area contributed by atoms with Crippen LogP contribution in [-0.4, -0.2) is 50.5 Å². The second kappa shape index (κ2) is 7.65. The number of rotatable bonds is 5. The predicted molar refractivity (Wildman–Crippen MR) is 91.2 cm³/mol. The number of hydrogen-bond acceptors (Lipinski definition) is 4. The van der Waals surface area contributed by atoms with Crippen LogP contribution in [0.2, 0.25) is 0 Å². The molecule has 9 heteroatoms. The summed E-state index contributed by atoms with van der Waals surface area (Å²) in [5, 5.41) is 0. The van der Waals surface area contributed by atoms with Crippen molar-refractivity contribution in [3.63, 3.8) is 0 Å². The zero-order chi connectivity index (χ0) is 16.5. The minimum atomic E-state index is -3.64. The first-order chi connectivity index (χ1) is 10.3. The fourth-order valence-electron chi connectivity index (χ4n) is 2.86. The second-order valence-corrected chi connectivity index (χ2v) is 7.74. The van der Waals surface area contributed by atoms with Gasteiger partial charge in [-0.3, -0.25) is 4.79 Å². The minimum Gasteiger partial charge on any atom is -0.345 e. The lowest BCUT2D eigenvalue weighted by Crippen LogP contribution is -2.39. The fraction of sp³-hybridized carbons (Fsp3) is 0.643. The summed E-state index contributed by atoms with van der Waals surface area (Å²) in [6, 6.07) is 1.29. The predicted octanol–water partition coefficient (Wildman–Crippen LogP) is 0.554. The Bertz CT molecular complexity index is 657. The minimum absolute atomic E-state index is 0. The summed E-state index contributed by atoms with van der Waals surface area (Å²) in [6.45, 7) is 0.479. The first-order valence-electron chi connectivity index (χ1n) is 7.36. The van der Waals surface area contributed by atoms with E-state index in [1.807, 2.05) is 0 Å². The molecule has 0 aliphatic heterocycles. The third kappa shape index (κ3) is 4.26. The number of halogens is 1. The van der Waals surface area contributed by atoms with Crippen LogP contribution in [0.3, 0.4) is 0 Å². The molecule has 2 atom stereocenters. The number of carbonyl (C=O) groups excluding carboxylic acids is 1. The molecule has 1 heterocycles. The van der Waals surface area contributed by atoms with Gasteiger partial charge < -0.3 is 15.2 Å². The van der Waals surface area contributed by atoms with E-state index in [0.29, 0.717) is 12.2 Å². The van der Waals surface area contributed by atoms with Gasteiger partial charge in [-0.15, -0.1) is 12.4 Å². The number of nitrogens with two attached hydrogens (primary N) is 1. The van der Waals surface area contributed by atoms with Gasteiger partial charge in [0.1, 0.15) is 10.6 Å². The van der Waals surface area contributed by atoms with Crippen LogP contribution in [0, 0.1) is 5.92 Å². The fourth-order valence-corrected chi connectivity index (χ4v) is 4.27. The first-order valence-corrected chi connectivity index (χ1v) is 8.85. The van der Waals surface area contributed by atoms with Gasteiger partial charge in [-0.1, -0.05) is 6.42 Å².